The van der Waals surface area contributed by atoms with Gasteiger partial charge in [-0.25, -0.2) is 5.43 Å². The number of carbonyl (C=O) groups is 1. The molecule has 0 saturated heterocycles. The molecular weight excluding hydrogens is 248 g/mol. The molecule has 0 bridgehead atoms. The normalized spacial score (nSPS) is 15.2. The number of amides is 1. The van der Waals surface area contributed by atoms with Gasteiger partial charge in [0.05, 0.1) is 5.71 Å². The number of rotatable bonds is 2. The molecule has 3 nitrogen and oxygen atoms in total. The lowest BCUT2D eigenvalue weighted by molar-refractivity contribution is 0.0955. The van der Waals surface area contributed by atoms with Gasteiger partial charge in [0.1, 0.15) is 0 Å². The van der Waals surface area contributed by atoms with Gasteiger partial charge in [-0.3, -0.25) is 4.79 Å². The van der Waals surface area contributed by atoms with Gasteiger partial charge in [-0.05, 0) is 37.5 Å². The molecule has 1 N–H and O–H groups in total. The van der Waals surface area contributed by atoms with Gasteiger partial charge in [-0.2, -0.15) is 5.10 Å². The van der Waals surface area contributed by atoms with Crippen molar-refractivity contribution in [3.63, 3.8) is 0 Å². The molecule has 0 fully saturated rings. The van der Waals surface area contributed by atoms with Gasteiger partial charge in [0.15, 0.2) is 0 Å². The Labute approximate surface area is 118 Å². The molecule has 0 aliphatic heterocycles. The van der Waals surface area contributed by atoms with E-state index in [0.29, 0.717) is 5.56 Å². The van der Waals surface area contributed by atoms with Crippen molar-refractivity contribution < 1.29 is 4.79 Å². The number of nitrogens with one attached hydrogen (secondary N) is 1. The van der Waals surface area contributed by atoms with E-state index >= 15 is 0 Å². The van der Waals surface area contributed by atoms with Crippen molar-refractivity contribution in [3.8, 4) is 0 Å². The lowest BCUT2D eigenvalue weighted by Gasteiger charge is -2.03. The van der Waals surface area contributed by atoms with Gasteiger partial charge >= 0.3 is 0 Å². The molecule has 0 spiro atoms. The summed E-state index contributed by atoms with van der Waals surface area (Å²) in [7, 11) is 0. The minimum Gasteiger partial charge on any atom is -0.267 e. The fourth-order valence-corrected chi connectivity index (χ4v) is 2.41. The van der Waals surface area contributed by atoms with Crippen molar-refractivity contribution in [1.82, 2.24) is 5.43 Å². The zero-order valence-corrected chi connectivity index (χ0v) is 11.4. The Morgan fingerprint density at radius 2 is 1.80 bits per heavy atom. The third-order valence-electron chi connectivity index (χ3n) is 3.57. The smallest absolute Gasteiger partial charge is 0.267 e. The first-order chi connectivity index (χ1) is 9.74. The molecule has 100 valence electrons. The van der Waals surface area contributed by atoms with E-state index in [0.717, 1.165) is 29.7 Å². The Morgan fingerprint density at radius 3 is 2.60 bits per heavy atom. The second-order valence-corrected chi connectivity index (χ2v) is 5.02. The average molecular weight is 264 g/mol. The highest BCUT2D eigenvalue weighted by molar-refractivity contribution is 6.05. The van der Waals surface area contributed by atoms with Crippen LogP contribution in [0.15, 0.2) is 53.6 Å². The molecule has 0 radical (unpaired) electrons. The maximum absolute atomic E-state index is 12.0. The Morgan fingerprint density at radius 1 is 1.05 bits per heavy atom. The van der Waals surface area contributed by atoms with Crippen LogP contribution < -0.4 is 5.43 Å². The van der Waals surface area contributed by atoms with Crippen LogP contribution in [0, 0.1) is 6.92 Å². The summed E-state index contributed by atoms with van der Waals surface area (Å²) in [6.45, 7) is 2.00. The molecule has 1 aliphatic carbocycles. The Bertz CT molecular complexity index is 672. The van der Waals surface area contributed by atoms with E-state index in [1.807, 2.05) is 43.3 Å². The second-order valence-electron chi connectivity index (χ2n) is 5.02. The monoisotopic (exact) mass is 264 g/mol. The van der Waals surface area contributed by atoms with Gasteiger partial charge in [0.2, 0.25) is 0 Å². The quantitative estimate of drug-likeness (QED) is 0.832. The maximum Gasteiger partial charge on any atom is 0.271 e. The largest absolute Gasteiger partial charge is 0.271 e. The third-order valence-corrected chi connectivity index (χ3v) is 3.57. The first-order valence-electron chi connectivity index (χ1n) is 6.76. The van der Waals surface area contributed by atoms with E-state index in [4.69, 9.17) is 0 Å². The van der Waals surface area contributed by atoms with E-state index in [-0.39, 0.29) is 5.91 Å². The van der Waals surface area contributed by atoms with Crippen molar-refractivity contribution in [1.29, 1.82) is 0 Å². The Hall–Kier alpha value is -2.42. The van der Waals surface area contributed by atoms with Crippen LogP contribution in [0.4, 0.5) is 0 Å². The molecule has 3 rings (SSSR count). The zero-order chi connectivity index (χ0) is 13.9. The van der Waals surface area contributed by atoms with E-state index in [2.05, 4.69) is 22.7 Å². The minimum absolute atomic E-state index is 0.165. The molecule has 0 atom stereocenters. The summed E-state index contributed by atoms with van der Waals surface area (Å²) in [5.41, 5.74) is 7.83. The molecular formula is C17H16N2O. The number of carbonyl (C=O) groups excluding carboxylic acids is 1. The first-order valence-corrected chi connectivity index (χ1v) is 6.76. The van der Waals surface area contributed by atoms with Crippen molar-refractivity contribution in [2.45, 2.75) is 19.8 Å². The lowest BCUT2D eigenvalue weighted by atomic mass is 10.1. The zero-order valence-electron chi connectivity index (χ0n) is 11.4. The standard InChI is InChI=1S/C17H16N2O/c1-12-6-8-14(9-7-12)17(20)19-18-16-11-10-13-4-2-3-5-15(13)16/h2-9H,10-11H2,1H3,(H,19,20)/b18-16-. The summed E-state index contributed by atoms with van der Waals surface area (Å²) >= 11 is 0. The molecule has 0 aromatic heterocycles. The summed E-state index contributed by atoms with van der Waals surface area (Å²) in [4.78, 5) is 12.0. The fraction of sp³-hybridized carbons (Fsp3) is 0.176. The van der Waals surface area contributed by atoms with Crippen LogP contribution in [0.3, 0.4) is 0 Å². The predicted molar refractivity (Wildman–Crippen MR) is 79.9 cm³/mol. The molecule has 1 amide bonds. The molecule has 3 heteroatoms. The number of aryl methyl sites for hydroxylation is 2. The van der Waals surface area contributed by atoms with Crippen LogP contribution >= 0.6 is 0 Å². The highest BCUT2D eigenvalue weighted by Gasteiger charge is 2.17. The summed E-state index contributed by atoms with van der Waals surface area (Å²) < 4.78 is 0. The van der Waals surface area contributed by atoms with Crippen LogP contribution in [-0.2, 0) is 6.42 Å². The topological polar surface area (TPSA) is 41.5 Å². The SMILES string of the molecule is Cc1ccc(C(=O)N/N=C2/CCc3ccccc32)cc1. The fourth-order valence-electron chi connectivity index (χ4n) is 2.41. The van der Waals surface area contributed by atoms with E-state index in [1.165, 1.54) is 5.56 Å². The number of fused-ring (bicyclic) bond motifs is 1. The predicted octanol–water partition coefficient (Wildman–Crippen LogP) is 3.08. The van der Waals surface area contributed by atoms with Crippen LogP contribution in [0.1, 0.15) is 33.5 Å². The third kappa shape index (κ3) is 2.48. The Balaban J connectivity index is 1.75. The van der Waals surface area contributed by atoms with Crippen LogP contribution in [0.2, 0.25) is 0 Å². The van der Waals surface area contributed by atoms with E-state index in [9.17, 15) is 4.79 Å². The summed E-state index contributed by atoms with van der Waals surface area (Å²) in [5.74, 6) is -0.165. The van der Waals surface area contributed by atoms with Crippen molar-refractivity contribution in [3.05, 3.63) is 70.8 Å². The molecule has 0 saturated carbocycles. The number of hydrogen-bond acceptors (Lipinski definition) is 2. The molecule has 0 heterocycles. The molecule has 1 aliphatic rings. The average Bonchev–Trinajstić information content (AvgIpc) is 2.89. The molecule has 2 aromatic rings. The lowest BCUT2D eigenvalue weighted by Crippen LogP contribution is -2.19. The van der Waals surface area contributed by atoms with E-state index < -0.39 is 0 Å². The van der Waals surface area contributed by atoms with Crippen LogP contribution in [0.25, 0.3) is 0 Å². The van der Waals surface area contributed by atoms with Crippen LogP contribution in [-0.4, -0.2) is 11.6 Å². The molecule has 0 unspecified atom stereocenters. The van der Waals surface area contributed by atoms with Crippen LogP contribution in [0.5, 0.6) is 0 Å². The van der Waals surface area contributed by atoms with Gasteiger partial charge in [-0.15, -0.1) is 0 Å². The molecule has 2 aromatic carbocycles. The van der Waals surface area contributed by atoms with Gasteiger partial charge in [0.25, 0.3) is 5.91 Å². The van der Waals surface area contributed by atoms with Gasteiger partial charge in [-0.1, -0.05) is 42.0 Å². The van der Waals surface area contributed by atoms with E-state index in [1.54, 1.807) is 0 Å². The summed E-state index contributed by atoms with van der Waals surface area (Å²) in [5, 5.41) is 4.28. The first kappa shape index (κ1) is 12.6. The number of hydrogen-bond donors (Lipinski definition) is 1. The van der Waals surface area contributed by atoms with Crippen molar-refractivity contribution in [2.24, 2.45) is 5.10 Å². The number of hydrazone groups is 1. The maximum atomic E-state index is 12.0. The second kappa shape index (κ2) is 5.29. The summed E-state index contributed by atoms with van der Waals surface area (Å²) in [6.07, 6.45) is 1.88. The highest BCUT2D eigenvalue weighted by Crippen LogP contribution is 2.21. The number of benzene rings is 2. The van der Waals surface area contributed by atoms with Gasteiger partial charge in [0, 0.05) is 11.1 Å². The molecule has 20 heavy (non-hydrogen) atoms. The Kier molecular flexibility index (Phi) is 3.33. The van der Waals surface area contributed by atoms with Crippen molar-refractivity contribution in [2.75, 3.05) is 0 Å². The highest BCUT2D eigenvalue weighted by atomic mass is 16.2. The van der Waals surface area contributed by atoms with Gasteiger partial charge < -0.3 is 0 Å². The summed E-state index contributed by atoms with van der Waals surface area (Å²) in [6, 6.07) is 15.7. The van der Waals surface area contributed by atoms with Crippen molar-refractivity contribution >= 4 is 11.6 Å². The number of nitrogens with zero attached hydrogens (tertiary/aromatic N) is 1. The minimum atomic E-state index is -0.165.